The number of carbonyl (C=O) groups is 1. The lowest BCUT2D eigenvalue weighted by molar-refractivity contribution is -0.142. The van der Waals surface area contributed by atoms with Crippen LogP contribution in [0.1, 0.15) is 6.92 Å². The van der Waals surface area contributed by atoms with Gasteiger partial charge in [-0.05, 0) is 6.92 Å². The van der Waals surface area contributed by atoms with E-state index in [0.29, 0.717) is 6.61 Å². The number of esters is 1. The molecule has 0 aliphatic heterocycles. The van der Waals surface area contributed by atoms with Crippen molar-refractivity contribution in [1.29, 1.82) is 0 Å². The zero-order chi connectivity index (χ0) is 6.57. The molecule has 0 rings (SSSR count). The Morgan fingerprint density at radius 2 is 2.50 bits per heavy atom. The van der Waals surface area contributed by atoms with E-state index < -0.39 is 10.9 Å². The van der Waals surface area contributed by atoms with Crippen molar-refractivity contribution in [3.8, 4) is 0 Å². The Hall–Kier alpha value is -0.0900. The zero-order valence-electron chi connectivity index (χ0n) is 4.56. The maximum atomic E-state index is 10.3. The molecule has 1 unspecified atom stereocenters. The fraction of sp³-hybridized carbons (Fsp3) is 0.750. The van der Waals surface area contributed by atoms with Crippen molar-refractivity contribution in [1.82, 2.24) is 0 Å². The molecule has 0 amide bonds. The summed E-state index contributed by atoms with van der Waals surface area (Å²) >= 11 is 2.84. The number of ether oxygens (including phenoxy) is 1. The van der Waals surface area contributed by atoms with Gasteiger partial charge in [0, 0.05) is 0 Å². The summed E-state index contributed by atoms with van der Waals surface area (Å²) in [5.74, 6) is -0.424. The van der Waals surface area contributed by atoms with Crippen LogP contribution in [0.4, 0.5) is 0 Å². The van der Waals surface area contributed by atoms with Crippen LogP contribution in [0.5, 0.6) is 0 Å². The molecular formula is C4H8BrNO2. The first-order valence-electron chi connectivity index (χ1n) is 2.24. The van der Waals surface area contributed by atoms with E-state index in [4.69, 9.17) is 5.73 Å². The maximum Gasteiger partial charge on any atom is 0.334 e. The Balaban J connectivity index is 3.33. The molecule has 4 heteroatoms. The summed E-state index contributed by atoms with van der Waals surface area (Å²) in [6.07, 6.45) is 0. The van der Waals surface area contributed by atoms with Crippen LogP contribution in [0, 0.1) is 0 Å². The van der Waals surface area contributed by atoms with Gasteiger partial charge < -0.3 is 10.5 Å². The van der Waals surface area contributed by atoms with Crippen LogP contribution in [-0.4, -0.2) is 17.5 Å². The third kappa shape index (κ3) is 2.98. The molecule has 0 aliphatic rings. The van der Waals surface area contributed by atoms with Crippen molar-refractivity contribution in [3.05, 3.63) is 0 Å². The normalized spacial score (nSPS) is 12.9. The molecule has 0 radical (unpaired) electrons. The van der Waals surface area contributed by atoms with Gasteiger partial charge in [-0.2, -0.15) is 0 Å². The molecule has 0 aliphatic carbocycles. The van der Waals surface area contributed by atoms with Gasteiger partial charge in [0.05, 0.1) is 6.61 Å². The average molecular weight is 182 g/mol. The van der Waals surface area contributed by atoms with Crippen LogP contribution in [0.15, 0.2) is 0 Å². The molecule has 3 nitrogen and oxygen atoms in total. The van der Waals surface area contributed by atoms with Crippen molar-refractivity contribution in [2.24, 2.45) is 5.73 Å². The van der Waals surface area contributed by atoms with Crippen molar-refractivity contribution in [2.45, 2.75) is 11.9 Å². The van der Waals surface area contributed by atoms with E-state index in [2.05, 4.69) is 20.7 Å². The first kappa shape index (κ1) is 7.91. The van der Waals surface area contributed by atoms with Gasteiger partial charge in [0.25, 0.3) is 0 Å². The van der Waals surface area contributed by atoms with E-state index in [1.54, 1.807) is 6.92 Å². The number of nitrogens with two attached hydrogens (primary N) is 1. The van der Waals surface area contributed by atoms with Crippen LogP contribution < -0.4 is 5.73 Å². The van der Waals surface area contributed by atoms with Crippen molar-refractivity contribution < 1.29 is 9.53 Å². The second kappa shape index (κ2) is 3.86. The van der Waals surface area contributed by atoms with Crippen LogP contribution in [-0.2, 0) is 9.53 Å². The van der Waals surface area contributed by atoms with Crippen LogP contribution >= 0.6 is 15.9 Å². The largest absolute Gasteiger partial charge is 0.464 e. The van der Waals surface area contributed by atoms with E-state index in [1.807, 2.05) is 0 Å². The van der Waals surface area contributed by atoms with E-state index in [0.717, 1.165) is 0 Å². The van der Waals surface area contributed by atoms with Crippen molar-refractivity contribution >= 4 is 21.9 Å². The smallest absolute Gasteiger partial charge is 0.334 e. The van der Waals surface area contributed by atoms with Gasteiger partial charge >= 0.3 is 5.97 Å². The highest BCUT2D eigenvalue weighted by Crippen LogP contribution is 1.91. The summed E-state index contributed by atoms with van der Waals surface area (Å²) in [5.41, 5.74) is 5.06. The lowest BCUT2D eigenvalue weighted by Gasteiger charge is -2.00. The minimum atomic E-state index is -0.678. The molecule has 0 bridgehead atoms. The van der Waals surface area contributed by atoms with Gasteiger partial charge in [-0.15, -0.1) is 0 Å². The Bertz CT molecular complexity index is 84.1. The average Bonchev–Trinajstić information content (AvgIpc) is 1.67. The monoisotopic (exact) mass is 181 g/mol. The minimum Gasteiger partial charge on any atom is -0.464 e. The molecule has 48 valence electrons. The number of alkyl halides is 1. The van der Waals surface area contributed by atoms with E-state index in [1.165, 1.54) is 0 Å². The fourth-order valence-electron chi connectivity index (χ4n) is 0.222. The van der Waals surface area contributed by atoms with E-state index >= 15 is 0 Å². The number of rotatable bonds is 2. The molecule has 8 heavy (non-hydrogen) atoms. The number of carbonyl (C=O) groups excluding carboxylic acids is 1. The molecule has 0 spiro atoms. The summed E-state index contributed by atoms with van der Waals surface area (Å²) in [4.78, 5) is 9.67. The Morgan fingerprint density at radius 3 is 2.62 bits per heavy atom. The van der Waals surface area contributed by atoms with Gasteiger partial charge in [0.1, 0.15) is 0 Å². The highest BCUT2D eigenvalue weighted by atomic mass is 79.9. The molecule has 0 fully saturated rings. The molecule has 1 atom stereocenters. The van der Waals surface area contributed by atoms with Gasteiger partial charge in [0.15, 0.2) is 4.95 Å². The van der Waals surface area contributed by atoms with Gasteiger partial charge in [0.2, 0.25) is 0 Å². The van der Waals surface area contributed by atoms with Crippen molar-refractivity contribution in [2.75, 3.05) is 6.61 Å². The zero-order valence-corrected chi connectivity index (χ0v) is 6.14. The SMILES string of the molecule is CCOC(=O)C(N)Br. The molecule has 0 aromatic rings. The first-order chi connectivity index (χ1) is 3.68. The van der Waals surface area contributed by atoms with Gasteiger partial charge in [-0.3, -0.25) is 0 Å². The summed E-state index contributed by atoms with van der Waals surface area (Å²) in [5, 5.41) is 0. The van der Waals surface area contributed by atoms with E-state index in [-0.39, 0.29) is 0 Å². The Morgan fingerprint density at radius 1 is 2.00 bits per heavy atom. The van der Waals surface area contributed by atoms with Crippen LogP contribution in [0.25, 0.3) is 0 Å². The predicted octanol–water partition coefficient (Wildman–Crippen LogP) is 0.229. The third-order valence-electron chi connectivity index (χ3n) is 0.512. The van der Waals surface area contributed by atoms with E-state index in [9.17, 15) is 4.79 Å². The quantitative estimate of drug-likeness (QED) is 0.377. The molecule has 0 saturated heterocycles. The summed E-state index contributed by atoms with van der Waals surface area (Å²) in [7, 11) is 0. The Kier molecular flexibility index (Phi) is 3.81. The lowest BCUT2D eigenvalue weighted by atomic mass is 10.7. The number of halogens is 1. The van der Waals surface area contributed by atoms with Gasteiger partial charge in [-0.25, -0.2) is 4.79 Å². The molecule has 0 saturated carbocycles. The topological polar surface area (TPSA) is 52.3 Å². The Labute approximate surface area is 56.3 Å². The van der Waals surface area contributed by atoms with Crippen molar-refractivity contribution in [3.63, 3.8) is 0 Å². The lowest BCUT2D eigenvalue weighted by Crippen LogP contribution is -2.25. The third-order valence-corrected chi connectivity index (χ3v) is 0.886. The first-order valence-corrected chi connectivity index (χ1v) is 3.16. The van der Waals surface area contributed by atoms with Crippen LogP contribution in [0.2, 0.25) is 0 Å². The number of hydrogen-bond donors (Lipinski definition) is 1. The second-order valence-corrected chi connectivity index (χ2v) is 2.14. The standard InChI is InChI=1S/C4H8BrNO2/c1-2-8-4(7)3(5)6/h3H,2,6H2,1H3. The highest BCUT2D eigenvalue weighted by Gasteiger charge is 2.07. The summed E-state index contributed by atoms with van der Waals surface area (Å²) in [6.45, 7) is 2.10. The predicted molar refractivity (Wildman–Crippen MR) is 33.5 cm³/mol. The molecular weight excluding hydrogens is 174 g/mol. The number of hydrogen-bond acceptors (Lipinski definition) is 3. The second-order valence-electron chi connectivity index (χ2n) is 1.15. The molecule has 0 aromatic heterocycles. The molecule has 0 heterocycles. The maximum absolute atomic E-state index is 10.3. The highest BCUT2D eigenvalue weighted by molar-refractivity contribution is 9.09. The van der Waals surface area contributed by atoms with Gasteiger partial charge in [-0.1, -0.05) is 15.9 Å². The minimum absolute atomic E-state index is 0.373. The molecule has 0 aromatic carbocycles. The van der Waals surface area contributed by atoms with Crippen LogP contribution in [0.3, 0.4) is 0 Å². The molecule has 2 N–H and O–H groups in total. The fourth-order valence-corrected chi connectivity index (χ4v) is 0.354. The summed E-state index contributed by atoms with van der Waals surface area (Å²) < 4.78 is 4.49. The summed E-state index contributed by atoms with van der Waals surface area (Å²) in [6, 6.07) is 0.